The lowest BCUT2D eigenvalue weighted by Crippen LogP contribution is -2.43. The molecule has 5 heteroatoms. The van der Waals surface area contributed by atoms with Gasteiger partial charge in [-0.2, -0.15) is 0 Å². The number of amides is 1. The average molecular weight is 391 g/mol. The third-order valence-corrected chi connectivity index (χ3v) is 4.75. The van der Waals surface area contributed by atoms with Crippen LogP contribution in [0.2, 0.25) is 0 Å². The first kappa shape index (κ1) is 20.4. The molecule has 29 heavy (non-hydrogen) atoms. The maximum atomic E-state index is 12.9. The van der Waals surface area contributed by atoms with E-state index in [1.54, 1.807) is 24.0 Å². The summed E-state index contributed by atoms with van der Waals surface area (Å²) in [5, 5.41) is 0. The van der Waals surface area contributed by atoms with Crippen LogP contribution < -0.4 is 9.64 Å². The SMILES string of the molecule is C=CCOc1ccc(/C=C/C(=O)O[C@@H](C)C(=O)N2c3ccccc3C[C@@H]2C)cc1. The molecule has 2 atom stereocenters. The second kappa shape index (κ2) is 9.24. The van der Waals surface area contributed by atoms with E-state index in [9.17, 15) is 9.59 Å². The standard InChI is InChI=1S/C24H25NO4/c1-4-15-28-21-12-9-19(10-13-21)11-14-23(26)29-18(3)24(27)25-17(2)16-20-7-5-6-8-22(20)25/h4-14,17-18H,1,15-16H2,2-3H3/b14-11+/t17-,18-/m0/s1. The van der Waals surface area contributed by atoms with Crippen molar-refractivity contribution in [2.24, 2.45) is 0 Å². The highest BCUT2D eigenvalue weighted by molar-refractivity contribution is 6.00. The van der Waals surface area contributed by atoms with Crippen LogP contribution in [0.3, 0.4) is 0 Å². The molecule has 0 saturated heterocycles. The summed E-state index contributed by atoms with van der Waals surface area (Å²) in [7, 11) is 0. The van der Waals surface area contributed by atoms with Gasteiger partial charge in [0, 0.05) is 17.8 Å². The number of carbonyl (C=O) groups is 2. The molecule has 0 unspecified atom stereocenters. The zero-order chi connectivity index (χ0) is 20.8. The van der Waals surface area contributed by atoms with Crippen molar-refractivity contribution in [3.8, 4) is 5.75 Å². The second-order valence-corrected chi connectivity index (χ2v) is 6.97. The van der Waals surface area contributed by atoms with Gasteiger partial charge in [0.05, 0.1) is 0 Å². The van der Waals surface area contributed by atoms with E-state index in [2.05, 4.69) is 6.58 Å². The number of anilines is 1. The fourth-order valence-electron chi connectivity index (χ4n) is 3.36. The van der Waals surface area contributed by atoms with Crippen LogP contribution in [0.1, 0.15) is 25.0 Å². The van der Waals surface area contributed by atoms with Gasteiger partial charge in [-0.3, -0.25) is 4.79 Å². The normalized spacial score (nSPS) is 16.3. The van der Waals surface area contributed by atoms with Crippen LogP contribution in [0.4, 0.5) is 5.69 Å². The maximum absolute atomic E-state index is 12.9. The monoisotopic (exact) mass is 391 g/mol. The first-order valence-corrected chi connectivity index (χ1v) is 9.63. The minimum Gasteiger partial charge on any atom is -0.490 e. The molecular weight excluding hydrogens is 366 g/mol. The number of hydrogen-bond donors (Lipinski definition) is 0. The summed E-state index contributed by atoms with van der Waals surface area (Å²) < 4.78 is 10.8. The predicted molar refractivity (Wildman–Crippen MR) is 114 cm³/mol. The van der Waals surface area contributed by atoms with Crippen molar-refractivity contribution in [1.82, 2.24) is 0 Å². The Kier molecular flexibility index (Phi) is 6.50. The van der Waals surface area contributed by atoms with Crippen molar-refractivity contribution in [1.29, 1.82) is 0 Å². The Balaban J connectivity index is 1.58. The Morgan fingerprint density at radius 1 is 1.21 bits per heavy atom. The largest absolute Gasteiger partial charge is 0.490 e. The fourth-order valence-corrected chi connectivity index (χ4v) is 3.36. The molecule has 2 aromatic rings. The van der Waals surface area contributed by atoms with E-state index in [0.717, 1.165) is 29.0 Å². The molecule has 1 heterocycles. The lowest BCUT2D eigenvalue weighted by Gasteiger charge is -2.25. The molecule has 1 amide bonds. The number of nitrogens with zero attached hydrogens (tertiary/aromatic N) is 1. The molecule has 0 radical (unpaired) electrons. The average Bonchev–Trinajstić information content (AvgIpc) is 3.06. The van der Waals surface area contributed by atoms with Gasteiger partial charge in [0.25, 0.3) is 5.91 Å². The van der Waals surface area contributed by atoms with Crippen LogP contribution >= 0.6 is 0 Å². The number of fused-ring (bicyclic) bond motifs is 1. The Labute approximate surface area is 171 Å². The molecule has 150 valence electrons. The molecule has 0 saturated carbocycles. The summed E-state index contributed by atoms with van der Waals surface area (Å²) >= 11 is 0. The summed E-state index contributed by atoms with van der Waals surface area (Å²) in [5.41, 5.74) is 2.85. The number of esters is 1. The molecule has 1 aliphatic rings. The topological polar surface area (TPSA) is 55.8 Å². The van der Waals surface area contributed by atoms with Gasteiger partial charge in [0.15, 0.2) is 6.10 Å². The van der Waals surface area contributed by atoms with E-state index in [4.69, 9.17) is 9.47 Å². The Morgan fingerprint density at radius 2 is 1.93 bits per heavy atom. The molecule has 0 bridgehead atoms. The number of hydrogen-bond acceptors (Lipinski definition) is 4. The summed E-state index contributed by atoms with van der Waals surface area (Å²) in [6, 6.07) is 15.1. The van der Waals surface area contributed by atoms with Crippen molar-refractivity contribution in [3.05, 3.63) is 78.4 Å². The summed E-state index contributed by atoms with van der Waals surface area (Å²) in [6.45, 7) is 7.64. The highest BCUT2D eigenvalue weighted by Crippen LogP contribution is 2.32. The van der Waals surface area contributed by atoms with E-state index in [1.165, 1.54) is 6.08 Å². The molecule has 3 rings (SSSR count). The van der Waals surface area contributed by atoms with E-state index in [-0.39, 0.29) is 11.9 Å². The smallest absolute Gasteiger partial charge is 0.331 e. The molecule has 1 aliphatic heterocycles. The molecule has 2 aromatic carbocycles. The van der Waals surface area contributed by atoms with Crippen molar-refractivity contribution in [2.45, 2.75) is 32.4 Å². The van der Waals surface area contributed by atoms with Gasteiger partial charge in [0.1, 0.15) is 12.4 Å². The Hall–Kier alpha value is -3.34. The van der Waals surface area contributed by atoms with Crippen molar-refractivity contribution >= 4 is 23.6 Å². The lowest BCUT2D eigenvalue weighted by molar-refractivity contribution is -0.149. The molecule has 5 nitrogen and oxygen atoms in total. The maximum Gasteiger partial charge on any atom is 0.331 e. The predicted octanol–water partition coefficient (Wildman–Crippen LogP) is 4.17. The third-order valence-electron chi connectivity index (χ3n) is 4.75. The van der Waals surface area contributed by atoms with Gasteiger partial charge in [-0.15, -0.1) is 0 Å². The second-order valence-electron chi connectivity index (χ2n) is 6.97. The van der Waals surface area contributed by atoms with Crippen LogP contribution in [0, 0.1) is 0 Å². The fraction of sp³-hybridized carbons (Fsp3) is 0.250. The minimum atomic E-state index is -0.865. The van der Waals surface area contributed by atoms with Gasteiger partial charge < -0.3 is 14.4 Å². The van der Waals surface area contributed by atoms with Gasteiger partial charge in [-0.05, 0) is 55.7 Å². The van der Waals surface area contributed by atoms with E-state index < -0.39 is 12.1 Å². The zero-order valence-electron chi connectivity index (χ0n) is 16.7. The highest BCUT2D eigenvalue weighted by Gasteiger charge is 2.34. The van der Waals surface area contributed by atoms with Crippen LogP contribution in [-0.2, 0) is 20.7 Å². The number of carbonyl (C=O) groups excluding carboxylic acids is 2. The van der Waals surface area contributed by atoms with Crippen LogP contribution in [-0.4, -0.2) is 30.6 Å². The first-order valence-electron chi connectivity index (χ1n) is 9.63. The molecular formula is C24H25NO4. The van der Waals surface area contributed by atoms with E-state index in [0.29, 0.717) is 6.61 Å². The van der Waals surface area contributed by atoms with Crippen LogP contribution in [0.15, 0.2) is 67.3 Å². The van der Waals surface area contributed by atoms with Crippen molar-refractivity contribution in [2.75, 3.05) is 11.5 Å². The van der Waals surface area contributed by atoms with Crippen molar-refractivity contribution < 1.29 is 19.1 Å². The highest BCUT2D eigenvalue weighted by atomic mass is 16.5. The number of ether oxygens (including phenoxy) is 2. The van der Waals surface area contributed by atoms with E-state index >= 15 is 0 Å². The number of rotatable bonds is 7. The minimum absolute atomic E-state index is 0.0402. The Bertz CT molecular complexity index is 917. The van der Waals surface area contributed by atoms with Crippen LogP contribution in [0.5, 0.6) is 5.75 Å². The van der Waals surface area contributed by atoms with Gasteiger partial charge in [-0.25, -0.2) is 4.79 Å². The summed E-state index contributed by atoms with van der Waals surface area (Å²) in [4.78, 5) is 26.7. The zero-order valence-corrected chi connectivity index (χ0v) is 16.7. The molecule has 0 N–H and O–H groups in total. The van der Waals surface area contributed by atoms with Crippen LogP contribution in [0.25, 0.3) is 6.08 Å². The molecule has 0 aromatic heterocycles. The molecule has 0 aliphatic carbocycles. The summed E-state index contributed by atoms with van der Waals surface area (Å²) in [6.07, 6.45) is 4.58. The number of para-hydroxylation sites is 1. The van der Waals surface area contributed by atoms with E-state index in [1.807, 2.05) is 55.5 Å². The number of benzene rings is 2. The van der Waals surface area contributed by atoms with Gasteiger partial charge in [0.2, 0.25) is 0 Å². The quantitative estimate of drug-likeness (QED) is 0.404. The van der Waals surface area contributed by atoms with Crippen molar-refractivity contribution in [3.63, 3.8) is 0 Å². The Morgan fingerprint density at radius 3 is 2.66 bits per heavy atom. The van der Waals surface area contributed by atoms with Gasteiger partial charge >= 0.3 is 5.97 Å². The first-order chi connectivity index (χ1) is 14.0. The summed E-state index contributed by atoms with van der Waals surface area (Å²) in [5.74, 6) is -0.0465. The lowest BCUT2D eigenvalue weighted by atomic mass is 10.1. The molecule has 0 fully saturated rings. The molecule has 0 spiro atoms. The van der Waals surface area contributed by atoms with Gasteiger partial charge in [-0.1, -0.05) is 43.0 Å². The third kappa shape index (κ3) is 4.93.